The standard InChI is InChI=1S/C9H6Cl3N3O2S/c1-18(16,17)9(4-13)15-14-8-3-6(11)5(10)2-7(8)12/h2-3,14H,1H3/b15-9+. The minimum absolute atomic E-state index is 0.193. The molecule has 0 amide bonds. The highest BCUT2D eigenvalue weighted by molar-refractivity contribution is 8.06. The van der Waals surface area contributed by atoms with Crippen LogP contribution in [0.5, 0.6) is 0 Å². The quantitative estimate of drug-likeness (QED) is 0.392. The summed E-state index contributed by atoms with van der Waals surface area (Å²) in [6, 6.07) is 4.19. The lowest BCUT2D eigenvalue weighted by Crippen LogP contribution is -2.12. The molecule has 1 rings (SSSR count). The van der Waals surface area contributed by atoms with Crippen molar-refractivity contribution in [2.45, 2.75) is 0 Å². The highest BCUT2D eigenvalue weighted by atomic mass is 35.5. The normalized spacial score (nSPS) is 12.1. The molecule has 9 heteroatoms. The van der Waals surface area contributed by atoms with Crippen LogP contribution < -0.4 is 5.43 Å². The number of sulfone groups is 1. The zero-order valence-electron chi connectivity index (χ0n) is 8.91. The van der Waals surface area contributed by atoms with Crippen LogP contribution in [0.2, 0.25) is 15.1 Å². The molecule has 0 bridgehead atoms. The van der Waals surface area contributed by atoms with E-state index in [-0.39, 0.29) is 20.8 Å². The second-order valence-electron chi connectivity index (χ2n) is 3.16. The maximum atomic E-state index is 11.1. The van der Waals surface area contributed by atoms with Crippen LogP contribution in [0.1, 0.15) is 0 Å². The number of hydrogen-bond donors (Lipinski definition) is 1. The number of nitriles is 1. The first-order chi connectivity index (χ1) is 8.25. The SMILES string of the molecule is CS(=O)(=O)/C(C#N)=N/Nc1cc(Cl)c(Cl)cc1Cl. The third-order valence-corrected chi connectivity index (χ3v) is 3.65. The fourth-order valence-electron chi connectivity index (χ4n) is 0.910. The first-order valence-corrected chi connectivity index (χ1v) is 7.36. The lowest BCUT2D eigenvalue weighted by molar-refractivity contribution is 0.612. The van der Waals surface area contributed by atoms with E-state index in [1.807, 2.05) is 0 Å². The molecule has 0 saturated heterocycles. The van der Waals surface area contributed by atoms with Crippen LogP contribution in [0.25, 0.3) is 0 Å². The van der Waals surface area contributed by atoms with Gasteiger partial charge in [0.1, 0.15) is 6.07 Å². The molecular formula is C9H6Cl3N3O2S. The molecule has 0 unspecified atom stereocenters. The number of anilines is 1. The molecule has 0 atom stereocenters. The van der Waals surface area contributed by atoms with Gasteiger partial charge >= 0.3 is 0 Å². The smallest absolute Gasteiger partial charge is 0.251 e. The Hall–Kier alpha value is -1.000. The Morgan fingerprint density at radius 1 is 1.28 bits per heavy atom. The van der Waals surface area contributed by atoms with Gasteiger partial charge in [-0.15, -0.1) is 0 Å². The highest BCUT2D eigenvalue weighted by Crippen LogP contribution is 2.32. The topological polar surface area (TPSA) is 82.3 Å². The number of hydrazone groups is 1. The van der Waals surface area contributed by atoms with E-state index in [0.717, 1.165) is 6.26 Å². The summed E-state index contributed by atoms with van der Waals surface area (Å²) in [4.78, 5) is 0. The van der Waals surface area contributed by atoms with E-state index in [9.17, 15) is 8.42 Å². The molecular weight excluding hydrogens is 321 g/mol. The third kappa shape index (κ3) is 3.75. The second kappa shape index (κ2) is 5.76. The van der Waals surface area contributed by atoms with Crippen molar-refractivity contribution in [2.24, 2.45) is 5.10 Å². The summed E-state index contributed by atoms with van der Waals surface area (Å²) in [5, 5.41) is 12.1. The van der Waals surface area contributed by atoms with Gasteiger partial charge in [0.15, 0.2) is 0 Å². The van der Waals surface area contributed by atoms with Crippen LogP contribution >= 0.6 is 34.8 Å². The monoisotopic (exact) mass is 325 g/mol. The van der Waals surface area contributed by atoms with Crippen molar-refractivity contribution >= 4 is 55.4 Å². The Labute approximate surface area is 119 Å². The predicted molar refractivity (Wildman–Crippen MR) is 73.0 cm³/mol. The number of hydrogen-bond acceptors (Lipinski definition) is 5. The van der Waals surface area contributed by atoms with E-state index in [0.29, 0.717) is 0 Å². The van der Waals surface area contributed by atoms with Crippen LogP contribution in [0.3, 0.4) is 0 Å². The lowest BCUT2D eigenvalue weighted by atomic mass is 10.3. The summed E-state index contributed by atoms with van der Waals surface area (Å²) >= 11 is 17.3. The van der Waals surface area contributed by atoms with E-state index in [1.54, 1.807) is 0 Å². The maximum Gasteiger partial charge on any atom is 0.251 e. The Bertz CT molecular complexity index is 650. The van der Waals surface area contributed by atoms with E-state index in [2.05, 4.69) is 10.5 Å². The van der Waals surface area contributed by atoms with Gasteiger partial charge in [-0.2, -0.15) is 10.4 Å². The van der Waals surface area contributed by atoms with Crippen molar-refractivity contribution in [3.63, 3.8) is 0 Å². The third-order valence-electron chi connectivity index (χ3n) is 1.73. The molecule has 1 aromatic rings. The van der Waals surface area contributed by atoms with Gasteiger partial charge in [-0.3, -0.25) is 5.43 Å². The van der Waals surface area contributed by atoms with Gasteiger partial charge in [-0.1, -0.05) is 34.8 Å². The van der Waals surface area contributed by atoms with Crippen LogP contribution in [0, 0.1) is 11.3 Å². The molecule has 0 fully saturated rings. The second-order valence-corrected chi connectivity index (χ2v) is 6.31. The van der Waals surface area contributed by atoms with Crippen molar-refractivity contribution in [3.8, 4) is 6.07 Å². The van der Waals surface area contributed by atoms with Crippen LogP contribution in [-0.4, -0.2) is 19.7 Å². The molecule has 18 heavy (non-hydrogen) atoms. The van der Waals surface area contributed by atoms with Gasteiger partial charge < -0.3 is 0 Å². The minimum Gasteiger partial charge on any atom is -0.275 e. The number of nitrogens with zero attached hydrogens (tertiary/aromatic N) is 2. The molecule has 96 valence electrons. The average molecular weight is 327 g/mol. The number of rotatable bonds is 2. The summed E-state index contributed by atoms with van der Waals surface area (Å²) in [6.45, 7) is 0. The van der Waals surface area contributed by atoms with E-state index in [1.165, 1.54) is 18.2 Å². The molecule has 5 nitrogen and oxygen atoms in total. The molecule has 0 radical (unpaired) electrons. The molecule has 0 aliphatic carbocycles. The minimum atomic E-state index is -3.69. The van der Waals surface area contributed by atoms with Crippen LogP contribution in [-0.2, 0) is 9.84 Å². The van der Waals surface area contributed by atoms with Gasteiger partial charge in [0.2, 0.25) is 9.84 Å². The van der Waals surface area contributed by atoms with Crippen LogP contribution in [0.4, 0.5) is 5.69 Å². The lowest BCUT2D eigenvalue weighted by Gasteiger charge is -2.05. The molecule has 0 aromatic heterocycles. The summed E-state index contributed by atoms with van der Waals surface area (Å²) in [5.41, 5.74) is 2.59. The maximum absolute atomic E-state index is 11.1. The Kier molecular flexibility index (Phi) is 4.82. The zero-order chi connectivity index (χ0) is 13.9. The number of halogens is 3. The van der Waals surface area contributed by atoms with E-state index < -0.39 is 14.9 Å². The number of benzene rings is 1. The van der Waals surface area contributed by atoms with Gasteiger partial charge in [0.05, 0.1) is 20.8 Å². The predicted octanol–water partition coefficient (Wildman–Crippen LogP) is 2.94. The Morgan fingerprint density at radius 2 is 1.83 bits per heavy atom. The van der Waals surface area contributed by atoms with Crippen LogP contribution in [0.15, 0.2) is 17.2 Å². The molecule has 1 N–H and O–H groups in total. The van der Waals surface area contributed by atoms with Gasteiger partial charge in [0.25, 0.3) is 5.04 Å². The van der Waals surface area contributed by atoms with Crippen molar-refractivity contribution in [2.75, 3.05) is 11.7 Å². The summed E-state index contributed by atoms with van der Waals surface area (Å²) in [7, 11) is -3.69. The van der Waals surface area contributed by atoms with E-state index >= 15 is 0 Å². The largest absolute Gasteiger partial charge is 0.275 e. The molecule has 0 aliphatic heterocycles. The summed E-state index contributed by atoms with van der Waals surface area (Å²) in [5.74, 6) is 0. The fourth-order valence-corrected chi connectivity index (χ4v) is 1.88. The molecule has 1 aromatic carbocycles. The van der Waals surface area contributed by atoms with Crippen molar-refractivity contribution in [1.29, 1.82) is 5.26 Å². The molecule has 0 spiro atoms. The Morgan fingerprint density at radius 3 is 2.33 bits per heavy atom. The van der Waals surface area contributed by atoms with Gasteiger partial charge in [0, 0.05) is 6.26 Å². The first-order valence-electron chi connectivity index (χ1n) is 4.34. The van der Waals surface area contributed by atoms with Gasteiger partial charge in [-0.05, 0) is 12.1 Å². The van der Waals surface area contributed by atoms with Crippen molar-refractivity contribution in [1.82, 2.24) is 0 Å². The van der Waals surface area contributed by atoms with Gasteiger partial charge in [-0.25, -0.2) is 8.42 Å². The van der Waals surface area contributed by atoms with Crippen molar-refractivity contribution < 1.29 is 8.42 Å². The molecule has 0 heterocycles. The van der Waals surface area contributed by atoms with E-state index in [4.69, 9.17) is 40.1 Å². The van der Waals surface area contributed by atoms with Crippen molar-refractivity contribution in [3.05, 3.63) is 27.2 Å². The summed E-state index contributed by atoms with van der Waals surface area (Å²) < 4.78 is 22.2. The Balaban J connectivity index is 3.11. The summed E-state index contributed by atoms with van der Waals surface area (Å²) in [6.07, 6.45) is 0.868. The molecule has 0 aliphatic rings. The highest BCUT2D eigenvalue weighted by Gasteiger charge is 2.13. The number of nitrogens with one attached hydrogen (secondary N) is 1. The molecule has 0 saturated carbocycles. The first kappa shape index (κ1) is 15.1. The fraction of sp³-hybridized carbons (Fsp3) is 0.111. The average Bonchev–Trinajstić information content (AvgIpc) is 2.24. The zero-order valence-corrected chi connectivity index (χ0v) is 12.0.